The third kappa shape index (κ3) is 5.37. The number of amides is 2. The summed E-state index contributed by atoms with van der Waals surface area (Å²) in [7, 11) is 0. The predicted octanol–water partition coefficient (Wildman–Crippen LogP) is 4.04. The maximum Gasteiger partial charge on any atom is 0.318 e. The SMILES string of the molecule is C[C@@H]1CN(c2cnc3cc(F)ccc3n2)C[C@@H](C)N1C(=O)NC1CCN(Cc2ccccc2)CC1. The molecule has 0 aliphatic carbocycles. The standard InChI is InChI=1S/C27H33FN6O/c1-19-16-33(26-15-29-25-14-22(28)8-9-24(25)31-26)17-20(2)34(19)27(35)30-23-10-12-32(13-11-23)18-21-6-4-3-5-7-21/h3-9,14-15,19-20,23H,10-13,16-18H2,1-2H3,(H,30,35)/t19-,20-/m1/s1. The summed E-state index contributed by atoms with van der Waals surface area (Å²) in [5, 5.41) is 3.30. The van der Waals surface area contributed by atoms with E-state index in [2.05, 4.69) is 63.2 Å². The fraction of sp³-hybridized carbons (Fsp3) is 0.444. The molecule has 35 heavy (non-hydrogen) atoms. The van der Waals surface area contributed by atoms with Crippen molar-refractivity contribution < 1.29 is 9.18 Å². The van der Waals surface area contributed by atoms with Crippen molar-refractivity contribution in [2.75, 3.05) is 31.1 Å². The van der Waals surface area contributed by atoms with Crippen molar-refractivity contribution in [1.29, 1.82) is 0 Å². The number of aromatic nitrogens is 2. The Kier molecular flexibility index (Phi) is 6.81. The lowest BCUT2D eigenvalue weighted by molar-refractivity contribution is 0.130. The first-order chi connectivity index (χ1) is 17.0. The number of benzene rings is 2. The lowest BCUT2D eigenvalue weighted by atomic mass is 10.0. The molecule has 2 saturated heterocycles. The minimum absolute atomic E-state index is 0.0197. The number of hydrogen-bond donors (Lipinski definition) is 1. The van der Waals surface area contributed by atoms with Gasteiger partial charge in [-0.3, -0.25) is 9.88 Å². The quantitative estimate of drug-likeness (QED) is 0.616. The van der Waals surface area contributed by atoms with E-state index in [1.165, 1.54) is 17.7 Å². The van der Waals surface area contributed by atoms with Crippen molar-refractivity contribution >= 4 is 22.9 Å². The van der Waals surface area contributed by atoms with E-state index < -0.39 is 0 Å². The van der Waals surface area contributed by atoms with E-state index in [4.69, 9.17) is 0 Å². The van der Waals surface area contributed by atoms with Gasteiger partial charge in [0, 0.05) is 56.9 Å². The number of carbonyl (C=O) groups excluding carboxylic acids is 1. The first-order valence-electron chi connectivity index (χ1n) is 12.5. The molecule has 3 heterocycles. The number of carbonyl (C=O) groups is 1. The Hall–Kier alpha value is -3.26. The van der Waals surface area contributed by atoms with Gasteiger partial charge < -0.3 is 15.1 Å². The zero-order valence-corrected chi connectivity index (χ0v) is 20.4. The summed E-state index contributed by atoms with van der Waals surface area (Å²) in [5.74, 6) is 0.442. The van der Waals surface area contributed by atoms with Crippen molar-refractivity contribution in [3.05, 3.63) is 66.1 Å². The number of urea groups is 1. The molecular formula is C27H33FN6O. The van der Waals surface area contributed by atoms with Crippen molar-refractivity contribution in [2.45, 2.75) is 51.4 Å². The fourth-order valence-corrected chi connectivity index (χ4v) is 5.36. The van der Waals surface area contributed by atoms with Crippen LogP contribution in [0.3, 0.4) is 0 Å². The second-order valence-corrected chi connectivity index (χ2v) is 9.86. The molecule has 0 bridgehead atoms. The van der Waals surface area contributed by atoms with Gasteiger partial charge in [0.2, 0.25) is 0 Å². The van der Waals surface area contributed by atoms with Crippen LogP contribution < -0.4 is 10.2 Å². The van der Waals surface area contributed by atoms with Crippen LogP contribution in [0, 0.1) is 5.82 Å². The molecule has 184 valence electrons. The maximum atomic E-state index is 13.5. The van der Waals surface area contributed by atoms with Gasteiger partial charge in [-0.25, -0.2) is 14.2 Å². The van der Waals surface area contributed by atoms with Crippen molar-refractivity contribution in [1.82, 2.24) is 25.1 Å². The third-order valence-corrected chi connectivity index (χ3v) is 7.13. The van der Waals surface area contributed by atoms with E-state index >= 15 is 0 Å². The average molecular weight is 477 g/mol. The number of piperazine rings is 1. The Balaban J connectivity index is 1.15. The molecule has 8 heteroatoms. The molecule has 3 aromatic rings. The van der Waals surface area contributed by atoms with Crippen LogP contribution in [0.5, 0.6) is 0 Å². The van der Waals surface area contributed by atoms with Gasteiger partial charge in [-0.05, 0) is 44.4 Å². The normalized spacial score (nSPS) is 21.9. The fourth-order valence-electron chi connectivity index (χ4n) is 5.36. The van der Waals surface area contributed by atoms with E-state index in [9.17, 15) is 9.18 Å². The van der Waals surface area contributed by atoms with Crippen LogP contribution in [0.25, 0.3) is 11.0 Å². The molecule has 2 amide bonds. The summed E-state index contributed by atoms with van der Waals surface area (Å²) in [6.45, 7) is 8.45. The van der Waals surface area contributed by atoms with Crippen molar-refractivity contribution in [3.8, 4) is 0 Å². The maximum absolute atomic E-state index is 13.5. The van der Waals surface area contributed by atoms with Gasteiger partial charge in [0.25, 0.3) is 0 Å². The van der Waals surface area contributed by atoms with Gasteiger partial charge in [0.1, 0.15) is 11.6 Å². The summed E-state index contributed by atoms with van der Waals surface area (Å²) < 4.78 is 13.5. The number of anilines is 1. The molecule has 2 aromatic carbocycles. The monoisotopic (exact) mass is 476 g/mol. The van der Waals surface area contributed by atoms with Crippen molar-refractivity contribution in [2.24, 2.45) is 0 Å². The molecule has 2 aliphatic heterocycles. The Labute approximate surface area is 205 Å². The van der Waals surface area contributed by atoms with E-state index in [0.717, 1.165) is 38.3 Å². The number of piperidine rings is 1. The number of nitrogens with one attached hydrogen (secondary N) is 1. The molecule has 2 atom stereocenters. The molecule has 0 saturated carbocycles. The van der Waals surface area contributed by atoms with Gasteiger partial charge in [-0.15, -0.1) is 0 Å². The summed E-state index contributed by atoms with van der Waals surface area (Å²) in [6, 6.07) is 15.3. The van der Waals surface area contributed by atoms with Crippen LogP contribution in [0.4, 0.5) is 15.0 Å². The second kappa shape index (κ2) is 10.2. The molecule has 2 fully saturated rings. The molecular weight excluding hydrogens is 443 g/mol. The van der Waals surface area contributed by atoms with Crippen LogP contribution in [0.2, 0.25) is 0 Å². The summed E-state index contributed by atoms with van der Waals surface area (Å²) in [4.78, 5) is 28.9. The largest absolute Gasteiger partial charge is 0.351 e. The van der Waals surface area contributed by atoms with Gasteiger partial charge in [0.05, 0.1) is 17.2 Å². The van der Waals surface area contributed by atoms with Crippen LogP contribution in [0.1, 0.15) is 32.3 Å². The van der Waals surface area contributed by atoms with Gasteiger partial charge >= 0.3 is 6.03 Å². The number of halogens is 1. The average Bonchev–Trinajstić information content (AvgIpc) is 2.85. The first-order valence-corrected chi connectivity index (χ1v) is 12.5. The van der Waals surface area contributed by atoms with E-state index in [1.54, 1.807) is 12.3 Å². The Morgan fingerprint density at radius 1 is 1.03 bits per heavy atom. The first kappa shape index (κ1) is 23.5. The number of nitrogens with zero attached hydrogens (tertiary/aromatic N) is 5. The molecule has 1 N–H and O–H groups in total. The van der Waals surface area contributed by atoms with E-state index in [1.807, 2.05) is 11.0 Å². The van der Waals surface area contributed by atoms with Gasteiger partial charge in [0.15, 0.2) is 0 Å². The molecule has 2 aliphatic rings. The number of rotatable bonds is 4. The van der Waals surface area contributed by atoms with Gasteiger partial charge in [-0.2, -0.15) is 0 Å². The highest BCUT2D eigenvalue weighted by molar-refractivity contribution is 5.77. The zero-order chi connectivity index (χ0) is 24.4. The van der Waals surface area contributed by atoms with Crippen molar-refractivity contribution in [3.63, 3.8) is 0 Å². The highest BCUT2D eigenvalue weighted by Gasteiger charge is 2.34. The minimum atomic E-state index is -0.316. The molecule has 0 unspecified atom stereocenters. The highest BCUT2D eigenvalue weighted by Crippen LogP contribution is 2.23. The zero-order valence-electron chi connectivity index (χ0n) is 20.4. The van der Waals surface area contributed by atoms with E-state index in [-0.39, 0.29) is 30.0 Å². The lowest BCUT2D eigenvalue weighted by Crippen LogP contribution is -2.62. The van der Waals surface area contributed by atoms with Crippen LogP contribution in [-0.2, 0) is 6.54 Å². The molecule has 0 spiro atoms. The molecule has 7 nitrogen and oxygen atoms in total. The van der Waals surface area contributed by atoms with Crippen LogP contribution in [-0.4, -0.2) is 70.1 Å². The molecule has 1 aromatic heterocycles. The topological polar surface area (TPSA) is 64.6 Å². The van der Waals surface area contributed by atoms with E-state index in [0.29, 0.717) is 24.1 Å². The smallest absolute Gasteiger partial charge is 0.318 e. The third-order valence-electron chi connectivity index (χ3n) is 7.13. The van der Waals surface area contributed by atoms with Gasteiger partial charge in [-0.1, -0.05) is 30.3 Å². The second-order valence-electron chi connectivity index (χ2n) is 9.86. The summed E-state index contributed by atoms with van der Waals surface area (Å²) in [6.07, 6.45) is 3.63. The highest BCUT2D eigenvalue weighted by atomic mass is 19.1. The summed E-state index contributed by atoms with van der Waals surface area (Å²) >= 11 is 0. The molecule has 5 rings (SSSR count). The Bertz CT molecular complexity index is 1150. The minimum Gasteiger partial charge on any atom is -0.351 e. The Morgan fingerprint density at radius 2 is 1.74 bits per heavy atom. The number of fused-ring (bicyclic) bond motifs is 1. The summed E-state index contributed by atoms with van der Waals surface area (Å²) in [5.41, 5.74) is 2.55. The van der Waals surface area contributed by atoms with Crippen LogP contribution in [0.15, 0.2) is 54.7 Å². The lowest BCUT2D eigenvalue weighted by Gasteiger charge is -2.45. The number of likely N-dealkylation sites (tertiary alicyclic amines) is 1. The van der Waals surface area contributed by atoms with Crippen LogP contribution >= 0.6 is 0 Å². The number of hydrogen-bond acceptors (Lipinski definition) is 5. The predicted molar refractivity (Wildman–Crippen MR) is 136 cm³/mol. The Morgan fingerprint density at radius 3 is 2.46 bits per heavy atom. The molecule has 0 radical (unpaired) electrons.